The monoisotopic (exact) mass is 379 g/mol. The first-order chi connectivity index (χ1) is 12.0. The molecule has 1 fully saturated rings. The lowest BCUT2D eigenvalue weighted by atomic mass is 9.77. The van der Waals surface area contributed by atoms with Crippen LogP contribution in [0.15, 0.2) is 35.7 Å². The summed E-state index contributed by atoms with van der Waals surface area (Å²) in [6.45, 7) is 0.846. The quantitative estimate of drug-likeness (QED) is 0.884. The molecule has 6 nitrogen and oxygen atoms in total. The third-order valence-corrected chi connectivity index (χ3v) is 5.37. The minimum absolute atomic E-state index is 0.149. The average Bonchev–Trinajstić information content (AvgIpc) is 3.07. The van der Waals surface area contributed by atoms with Crippen molar-refractivity contribution in [2.45, 2.75) is 24.9 Å². The SMILES string of the molecule is NC(=O)C1(c2csc(Cl)n2)CCCN(C(=O)OCc2ccccc2)C1. The van der Waals surface area contributed by atoms with Gasteiger partial charge in [0.2, 0.25) is 5.91 Å². The lowest BCUT2D eigenvalue weighted by Crippen LogP contribution is -2.55. The average molecular weight is 380 g/mol. The second-order valence-corrected chi connectivity index (χ2v) is 7.44. The van der Waals surface area contributed by atoms with E-state index in [1.165, 1.54) is 16.2 Å². The number of thiazole rings is 1. The van der Waals surface area contributed by atoms with Gasteiger partial charge < -0.3 is 15.4 Å². The fourth-order valence-corrected chi connectivity index (χ4v) is 3.89. The largest absolute Gasteiger partial charge is 0.445 e. The number of nitrogens with zero attached hydrogens (tertiary/aromatic N) is 2. The van der Waals surface area contributed by atoms with Crippen LogP contribution in [0.5, 0.6) is 0 Å². The zero-order valence-corrected chi connectivity index (χ0v) is 15.1. The molecule has 25 heavy (non-hydrogen) atoms. The van der Waals surface area contributed by atoms with Gasteiger partial charge in [0.25, 0.3) is 0 Å². The van der Waals surface area contributed by atoms with E-state index in [0.717, 1.165) is 5.56 Å². The molecule has 3 rings (SSSR count). The first kappa shape index (κ1) is 17.7. The first-order valence-electron chi connectivity index (χ1n) is 7.88. The molecule has 1 aliphatic heterocycles. The maximum absolute atomic E-state index is 12.4. The Morgan fingerprint density at radius 1 is 1.36 bits per heavy atom. The Bertz CT molecular complexity index is 768. The number of carbonyl (C=O) groups is 2. The third kappa shape index (κ3) is 3.77. The molecule has 132 valence electrons. The minimum Gasteiger partial charge on any atom is -0.445 e. The van der Waals surface area contributed by atoms with E-state index in [1.807, 2.05) is 30.3 Å². The summed E-state index contributed by atoms with van der Waals surface area (Å²) in [5, 5.41) is 1.73. The Balaban J connectivity index is 1.72. The number of hydrogen-bond donors (Lipinski definition) is 1. The zero-order chi connectivity index (χ0) is 17.9. The summed E-state index contributed by atoms with van der Waals surface area (Å²) >= 11 is 7.16. The maximum Gasteiger partial charge on any atom is 0.410 e. The van der Waals surface area contributed by atoms with Crippen LogP contribution in [-0.2, 0) is 21.6 Å². The Kier molecular flexibility index (Phi) is 5.24. The smallest absolute Gasteiger partial charge is 0.410 e. The van der Waals surface area contributed by atoms with Crippen molar-refractivity contribution in [3.05, 3.63) is 51.4 Å². The van der Waals surface area contributed by atoms with Crippen LogP contribution in [0.2, 0.25) is 4.47 Å². The molecule has 8 heteroatoms. The molecule has 2 N–H and O–H groups in total. The molecular formula is C17H18ClN3O3S. The number of piperidine rings is 1. The summed E-state index contributed by atoms with van der Waals surface area (Å²) in [6, 6.07) is 9.43. The Morgan fingerprint density at radius 2 is 2.12 bits per heavy atom. The van der Waals surface area contributed by atoms with E-state index in [9.17, 15) is 9.59 Å². The summed E-state index contributed by atoms with van der Waals surface area (Å²) in [7, 11) is 0. The van der Waals surface area contributed by atoms with E-state index in [1.54, 1.807) is 5.38 Å². The lowest BCUT2D eigenvalue weighted by molar-refractivity contribution is -0.125. The highest BCUT2D eigenvalue weighted by Crippen LogP contribution is 2.35. The van der Waals surface area contributed by atoms with Crippen molar-refractivity contribution >= 4 is 34.9 Å². The molecule has 1 unspecified atom stereocenters. The van der Waals surface area contributed by atoms with Gasteiger partial charge in [-0.15, -0.1) is 11.3 Å². The highest BCUT2D eigenvalue weighted by Gasteiger charge is 2.45. The second kappa shape index (κ2) is 7.41. The van der Waals surface area contributed by atoms with Crippen molar-refractivity contribution in [3.63, 3.8) is 0 Å². The fourth-order valence-electron chi connectivity index (χ4n) is 3.03. The Morgan fingerprint density at radius 3 is 2.76 bits per heavy atom. The van der Waals surface area contributed by atoms with Crippen LogP contribution in [0, 0.1) is 0 Å². The molecule has 2 heterocycles. The van der Waals surface area contributed by atoms with E-state index < -0.39 is 17.4 Å². The van der Waals surface area contributed by atoms with Gasteiger partial charge in [0.1, 0.15) is 12.0 Å². The summed E-state index contributed by atoms with van der Waals surface area (Å²) in [5.41, 5.74) is 6.08. The molecule has 2 aromatic rings. The number of nitrogens with two attached hydrogens (primary N) is 1. The number of benzene rings is 1. The van der Waals surface area contributed by atoms with E-state index in [-0.39, 0.29) is 13.2 Å². The van der Waals surface area contributed by atoms with Gasteiger partial charge in [-0.05, 0) is 18.4 Å². The Labute approximate surface area is 154 Å². The molecule has 0 radical (unpaired) electrons. The van der Waals surface area contributed by atoms with E-state index in [0.29, 0.717) is 29.5 Å². The highest BCUT2D eigenvalue weighted by molar-refractivity contribution is 7.14. The third-order valence-electron chi connectivity index (χ3n) is 4.39. The van der Waals surface area contributed by atoms with Gasteiger partial charge in [0, 0.05) is 18.5 Å². The topological polar surface area (TPSA) is 85.5 Å². The lowest BCUT2D eigenvalue weighted by Gasteiger charge is -2.39. The molecule has 0 spiro atoms. The van der Waals surface area contributed by atoms with Gasteiger partial charge in [-0.25, -0.2) is 9.78 Å². The van der Waals surface area contributed by atoms with Crippen molar-refractivity contribution in [2.75, 3.05) is 13.1 Å². The van der Waals surface area contributed by atoms with Crippen LogP contribution in [0.3, 0.4) is 0 Å². The van der Waals surface area contributed by atoms with Crippen LogP contribution >= 0.6 is 22.9 Å². The van der Waals surface area contributed by atoms with E-state index >= 15 is 0 Å². The van der Waals surface area contributed by atoms with Crippen molar-refractivity contribution in [1.29, 1.82) is 0 Å². The number of primary amides is 1. The number of ether oxygens (including phenoxy) is 1. The van der Waals surface area contributed by atoms with Gasteiger partial charge in [-0.2, -0.15) is 0 Å². The molecule has 1 atom stereocenters. The minimum atomic E-state index is -1.02. The number of halogens is 1. The number of carbonyl (C=O) groups excluding carboxylic acids is 2. The van der Waals surface area contributed by atoms with Crippen molar-refractivity contribution in [1.82, 2.24) is 9.88 Å². The number of amides is 2. The molecule has 1 saturated heterocycles. The fraction of sp³-hybridized carbons (Fsp3) is 0.353. The molecule has 1 aromatic heterocycles. The van der Waals surface area contributed by atoms with Gasteiger partial charge in [-0.1, -0.05) is 41.9 Å². The normalized spacial score (nSPS) is 20.3. The maximum atomic E-state index is 12.4. The summed E-state index contributed by atoms with van der Waals surface area (Å²) in [5.74, 6) is -0.505. The number of likely N-dealkylation sites (tertiary alicyclic amines) is 1. The molecule has 0 aliphatic carbocycles. The van der Waals surface area contributed by atoms with Crippen LogP contribution in [0.4, 0.5) is 4.79 Å². The van der Waals surface area contributed by atoms with Crippen molar-refractivity contribution in [2.24, 2.45) is 5.73 Å². The van der Waals surface area contributed by atoms with Gasteiger partial charge in [-0.3, -0.25) is 4.79 Å². The second-order valence-electron chi connectivity index (χ2n) is 6.00. The van der Waals surface area contributed by atoms with Gasteiger partial charge in [0.05, 0.1) is 5.69 Å². The van der Waals surface area contributed by atoms with E-state index in [4.69, 9.17) is 22.1 Å². The van der Waals surface area contributed by atoms with Crippen LogP contribution in [-0.4, -0.2) is 35.0 Å². The number of rotatable bonds is 4. The van der Waals surface area contributed by atoms with Gasteiger partial charge in [0.15, 0.2) is 4.47 Å². The van der Waals surface area contributed by atoms with Crippen LogP contribution in [0.25, 0.3) is 0 Å². The van der Waals surface area contributed by atoms with E-state index in [2.05, 4.69) is 4.98 Å². The van der Waals surface area contributed by atoms with Crippen LogP contribution < -0.4 is 5.73 Å². The number of hydrogen-bond acceptors (Lipinski definition) is 5. The Hall–Kier alpha value is -2.12. The zero-order valence-electron chi connectivity index (χ0n) is 13.5. The van der Waals surface area contributed by atoms with Crippen molar-refractivity contribution in [3.8, 4) is 0 Å². The highest BCUT2D eigenvalue weighted by atomic mass is 35.5. The van der Waals surface area contributed by atoms with Gasteiger partial charge >= 0.3 is 6.09 Å². The van der Waals surface area contributed by atoms with Crippen molar-refractivity contribution < 1.29 is 14.3 Å². The molecule has 1 aromatic carbocycles. The molecular weight excluding hydrogens is 362 g/mol. The molecule has 0 saturated carbocycles. The standard InChI is InChI=1S/C17H18ClN3O3S/c18-15-20-13(10-25-15)17(14(19)22)7-4-8-21(11-17)16(23)24-9-12-5-2-1-3-6-12/h1-3,5-6,10H,4,7-9,11H2,(H2,19,22). The van der Waals surface area contributed by atoms with Crippen LogP contribution in [0.1, 0.15) is 24.1 Å². The predicted octanol–water partition coefficient (Wildman–Crippen LogP) is 2.95. The summed E-state index contributed by atoms with van der Waals surface area (Å²) in [4.78, 5) is 30.4. The molecule has 2 amide bonds. The summed E-state index contributed by atoms with van der Waals surface area (Å²) in [6.07, 6.45) is 0.708. The summed E-state index contributed by atoms with van der Waals surface area (Å²) < 4.78 is 5.72. The predicted molar refractivity (Wildman–Crippen MR) is 95.4 cm³/mol. The number of aromatic nitrogens is 1. The molecule has 1 aliphatic rings. The molecule has 0 bridgehead atoms. The first-order valence-corrected chi connectivity index (χ1v) is 9.14.